The summed E-state index contributed by atoms with van der Waals surface area (Å²) < 4.78 is 24.8. The molecule has 12 atom stereocenters. The number of carbonyl (C=O) groups excluding carboxylic acids is 6. The summed E-state index contributed by atoms with van der Waals surface area (Å²) in [6.07, 6.45) is -14.5. The summed E-state index contributed by atoms with van der Waals surface area (Å²) in [5.74, 6) is -9.47. The van der Waals surface area contributed by atoms with Crippen LogP contribution in [0.2, 0.25) is 0 Å². The van der Waals surface area contributed by atoms with Crippen LogP contribution in [0.4, 0.5) is 0 Å². The van der Waals surface area contributed by atoms with E-state index in [0.29, 0.717) is 56.7 Å². The molecule has 3 aromatic carbocycles. The van der Waals surface area contributed by atoms with Crippen LogP contribution >= 0.6 is 46.2 Å². The molecule has 5 aromatic rings. The Hall–Kier alpha value is -6.36. The van der Waals surface area contributed by atoms with E-state index in [2.05, 4.69) is 31.9 Å². The summed E-state index contributed by atoms with van der Waals surface area (Å²) >= 11 is 5.30. The number of aliphatic carboxylic acids is 2. The topological polar surface area (TPSA) is 408 Å². The lowest BCUT2D eigenvalue weighted by Gasteiger charge is -2.46. The number of hydrogen-bond acceptors (Lipinski definition) is 22. The van der Waals surface area contributed by atoms with Crippen molar-refractivity contribution in [3.05, 3.63) is 106 Å². The second-order valence-electron chi connectivity index (χ2n) is 20.8. The smallest absolute Gasteiger partial charge is 0.364 e. The predicted octanol–water partition coefficient (Wildman–Crippen LogP) is 1.03. The van der Waals surface area contributed by atoms with Gasteiger partial charge < -0.3 is 91.7 Å². The highest BCUT2D eigenvalue weighted by molar-refractivity contribution is 7.99. The third kappa shape index (κ3) is 18.4. The second-order valence-corrected chi connectivity index (χ2v) is 25.4. The molecule has 0 saturated carbocycles. The first-order chi connectivity index (χ1) is 42.0. The number of aliphatic hydroxyl groups excluding tert-OH is 6. The Morgan fingerprint density at radius 3 is 1.28 bits per heavy atom. The first-order valence-corrected chi connectivity index (χ1v) is 32.0. The quantitative estimate of drug-likeness (QED) is 0.0267. The molecule has 0 bridgehead atoms. The Bertz CT molecular complexity index is 2950. The maximum Gasteiger partial charge on any atom is 0.364 e. The van der Waals surface area contributed by atoms with Crippen molar-refractivity contribution < 1.29 is 98.2 Å². The maximum atomic E-state index is 12.9. The van der Waals surface area contributed by atoms with E-state index in [1.165, 1.54) is 70.5 Å². The van der Waals surface area contributed by atoms with Gasteiger partial charge in [-0.1, -0.05) is 36.4 Å². The minimum Gasteiger partial charge on any atom is -0.477 e. The average molecular weight is 1300 g/mol. The Balaban J connectivity index is 0.772. The first-order valence-electron chi connectivity index (χ1n) is 28.1. The van der Waals surface area contributed by atoms with E-state index in [1.807, 2.05) is 48.5 Å². The van der Waals surface area contributed by atoms with Crippen LogP contribution in [0.3, 0.4) is 0 Å². The molecule has 2 aromatic heterocycles. The molecule has 478 valence electrons. The highest BCUT2D eigenvalue weighted by Gasteiger charge is 2.57. The number of aliphatic hydroxyl groups is 6. The van der Waals surface area contributed by atoms with Gasteiger partial charge in [0.1, 0.15) is 24.4 Å². The molecule has 7 rings (SSSR count). The average Bonchev–Trinajstić information content (AvgIpc) is 1.36. The largest absolute Gasteiger partial charge is 0.477 e. The molecule has 4 heterocycles. The van der Waals surface area contributed by atoms with Gasteiger partial charge in [-0.2, -0.15) is 23.5 Å². The van der Waals surface area contributed by atoms with Gasteiger partial charge in [-0.25, -0.2) is 9.59 Å². The van der Waals surface area contributed by atoms with E-state index in [4.69, 9.17) is 18.9 Å². The Morgan fingerprint density at radius 1 is 0.557 bits per heavy atom. The molecule has 14 N–H and O–H groups in total. The highest BCUT2D eigenvalue weighted by atomic mass is 32.2. The fraction of sp³-hybridized carbons (Fsp3) is 0.483. The van der Waals surface area contributed by atoms with Crippen LogP contribution in [-0.4, -0.2) is 223 Å². The summed E-state index contributed by atoms with van der Waals surface area (Å²) in [4.78, 5) is 102. The van der Waals surface area contributed by atoms with Crippen molar-refractivity contribution >= 4 is 114 Å². The number of amides is 6. The summed E-state index contributed by atoms with van der Waals surface area (Å²) in [5.41, 5.74) is 0.600. The summed E-state index contributed by atoms with van der Waals surface area (Å²) in [5, 5.41) is 104. The standard InChI is InChI=1S/C58H72N6O20S4/c1-31(65)63-45-37(67)27-57(55(77)78,83-49(45)47(71)39(69)29-61-53(75)43-25-35-9-3-5-11-41(35)87-43)81-19-7-21-85-23-17-59-51(73)33-13-15-34(16-14-33)52(74)60-18-24-86-22-8-20-82-58(56(79)80)28-38(68)46(64-32(2)66)50(84-58)48(72)40(70)30-62-54(76)44-26-36-10-4-6-12-42(36)88-44/h3-6,9-16,25-26,37-40,45-50,67-72H,7-8,17-24,27-30H2,1-2H3,(H,59,73)(H,60,74)(H,61,75)(H,62,76)(H,63,65)(H,64,66)(H,77,78)(H,79,80)/t37-,38-,39+,40+,45+,46+,47+,48+,49+,50+,57+,58+/m0/s1. The number of ether oxygens (including phenoxy) is 4. The normalized spacial score (nSPS) is 23.2. The molecule has 88 heavy (non-hydrogen) atoms. The van der Waals surface area contributed by atoms with Gasteiger partial charge >= 0.3 is 11.9 Å². The van der Waals surface area contributed by atoms with E-state index in [0.717, 1.165) is 34.0 Å². The number of fused-ring (bicyclic) bond motifs is 2. The van der Waals surface area contributed by atoms with E-state index in [1.54, 1.807) is 12.1 Å². The van der Waals surface area contributed by atoms with Crippen molar-refractivity contribution in [2.75, 3.05) is 62.4 Å². The highest BCUT2D eigenvalue weighted by Crippen LogP contribution is 2.36. The van der Waals surface area contributed by atoms with Gasteiger partial charge in [-0.15, -0.1) is 22.7 Å². The number of carboxylic acid groups (broad SMARTS) is 2. The zero-order chi connectivity index (χ0) is 63.7. The number of hydrogen-bond donors (Lipinski definition) is 14. The third-order valence-electron chi connectivity index (χ3n) is 14.3. The number of benzene rings is 3. The Morgan fingerprint density at radius 2 is 0.932 bits per heavy atom. The van der Waals surface area contributed by atoms with Crippen LogP contribution in [0.15, 0.2) is 84.9 Å². The minimum atomic E-state index is -2.48. The van der Waals surface area contributed by atoms with Crippen molar-refractivity contribution in [1.29, 1.82) is 0 Å². The molecule has 0 aliphatic carbocycles. The molecular formula is C58H72N6O20S4. The number of thioether (sulfide) groups is 2. The molecule has 6 amide bonds. The summed E-state index contributed by atoms with van der Waals surface area (Å²) in [6.45, 7) is 1.49. The molecule has 2 aliphatic heterocycles. The number of thiophene rings is 2. The fourth-order valence-corrected chi connectivity index (χ4v) is 13.3. The van der Waals surface area contributed by atoms with Crippen molar-refractivity contribution in [3.8, 4) is 0 Å². The van der Waals surface area contributed by atoms with E-state index < -0.39 is 146 Å². The molecule has 0 radical (unpaired) electrons. The van der Waals surface area contributed by atoms with Crippen LogP contribution < -0.4 is 31.9 Å². The zero-order valence-electron chi connectivity index (χ0n) is 47.9. The molecule has 30 heteroatoms. The van der Waals surface area contributed by atoms with Gasteiger partial charge in [0.25, 0.3) is 35.2 Å². The molecule has 0 spiro atoms. The number of nitrogens with one attached hydrogen (secondary N) is 6. The lowest BCUT2D eigenvalue weighted by molar-refractivity contribution is -0.310. The Labute approximate surface area is 521 Å². The molecule has 2 saturated heterocycles. The minimum absolute atomic E-state index is 0.177. The fourth-order valence-electron chi connectivity index (χ4n) is 9.79. The van der Waals surface area contributed by atoms with Crippen LogP contribution in [-0.2, 0) is 38.1 Å². The van der Waals surface area contributed by atoms with Crippen molar-refractivity contribution in [2.45, 2.75) is 112 Å². The predicted molar refractivity (Wildman–Crippen MR) is 326 cm³/mol. The SMILES string of the molecule is CC(=O)N[C@H]1[C@H]([C@H](O)[C@H](O)CNC(=O)c2cc3ccccc3s2)O[C@@](OCCCSCCNC(=O)c2ccc(C(=O)NCCSCCCO[C@]3(C(=O)O)C[C@H](O)[C@@H](NC(C)=O)[C@H]([C@H](O)[C@H](O)CNC(=O)c4cc5ccccc5s4)O3)cc2)(C(=O)O)C[C@@H]1O. The van der Waals surface area contributed by atoms with Gasteiger partial charge in [0.05, 0.1) is 59.5 Å². The molecule has 0 unspecified atom stereocenters. The zero-order valence-corrected chi connectivity index (χ0v) is 51.1. The van der Waals surface area contributed by atoms with E-state index in [9.17, 15) is 79.2 Å². The van der Waals surface area contributed by atoms with Crippen LogP contribution in [0.25, 0.3) is 20.2 Å². The van der Waals surface area contributed by atoms with Crippen LogP contribution in [0.5, 0.6) is 0 Å². The molecule has 2 aliphatic rings. The van der Waals surface area contributed by atoms with E-state index in [-0.39, 0.29) is 26.3 Å². The van der Waals surface area contributed by atoms with Gasteiger partial charge in [0, 0.05) is 84.9 Å². The second kappa shape index (κ2) is 32.4. The molecule has 26 nitrogen and oxygen atoms in total. The van der Waals surface area contributed by atoms with Crippen LogP contribution in [0, 0.1) is 0 Å². The Kier molecular flexibility index (Phi) is 25.4. The summed E-state index contributed by atoms with van der Waals surface area (Å²) in [7, 11) is 0. The third-order valence-corrected chi connectivity index (χ3v) is 18.6. The number of carboxylic acids is 2. The van der Waals surface area contributed by atoms with Gasteiger partial charge in [0.2, 0.25) is 11.8 Å². The summed E-state index contributed by atoms with van der Waals surface area (Å²) in [6, 6.07) is 21.3. The monoisotopic (exact) mass is 1300 g/mol. The lowest BCUT2D eigenvalue weighted by Crippen LogP contribution is -2.68. The first kappa shape index (κ1) is 69.1. The van der Waals surface area contributed by atoms with Crippen molar-refractivity contribution in [2.24, 2.45) is 0 Å². The molecular weight excluding hydrogens is 1230 g/mol. The lowest BCUT2D eigenvalue weighted by atomic mass is 9.88. The number of rotatable bonds is 32. The number of carbonyl (C=O) groups is 8. The van der Waals surface area contributed by atoms with Gasteiger partial charge in [0.15, 0.2) is 0 Å². The van der Waals surface area contributed by atoms with Gasteiger partial charge in [-0.05, 0) is 83.7 Å². The van der Waals surface area contributed by atoms with Gasteiger partial charge in [-0.3, -0.25) is 28.8 Å². The van der Waals surface area contributed by atoms with Crippen molar-refractivity contribution in [1.82, 2.24) is 31.9 Å². The maximum absolute atomic E-state index is 12.9. The molecule has 2 fully saturated rings. The van der Waals surface area contributed by atoms with Crippen LogP contribution in [0.1, 0.15) is 79.6 Å². The van der Waals surface area contributed by atoms with E-state index >= 15 is 0 Å². The van der Waals surface area contributed by atoms with Crippen molar-refractivity contribution in [3.63, 3.8) is 0 Å².